The molecule has 0 amide bonds. The van der Waals surface area contributed by atoms with Gasteiger partial charge in [0.2, 0.25) is 7.37 Å². The SMILES string of the molecule is CC(C)(C)C(C(Cc1ccsc1)C(=O)O)P(=O)(O)Cc1ccccc1. The molecule has 1 heterocycles. The number of rotatable bonds is 7. The number of aliphatic carboxylic acids is 1. The Morgan fingerprint density at radius 3 is 2.28 bits per heavy atom. The highest BCUT2D eigenvalue weighted by atomic mass is 32.1. The molecule has 0 radical (unpaired) electrons. The first-order valence-corrected chi connectivity index (χ1v) is 11.1. The molecule has 1 aromatic heterocycles. The van der Waals surface area contributed by atoms with Gasteiger partial charge in [0, 0.05) is 6.16 Å². The summed E-state index contributed by atoms with van der Waals surface area (Å²) in [6, 6.07) is 11.0. The first-order chi connectivity index (χ1) is 11.6. The minimum Gasteiger partial charge on any atom is -0.481 e. The number of carboxylic acid groups (broad SMARTS) is 1. The monoisotopic (exact) mass is 380 g/mol. The first-order valence-electron chi connectivity index (χ1n) is 8.20. The van der Waals surface area contributed by atoms with Crippen LogP contribution < -0.4 is 0 Å². The van der Waals surface area contributed by atoms with Crippen LogP contribution in [0.25, 0.3) is 0 Å². The van der Waals surface area contributed by atoms with Gasteiger partial charge in [-0.05, 0) is 39.8 Å². The lowest BCUT2D eigenvalue weighted by molar-refractivity contribution is -0.142. The van der Waals surface area contributed by atoms with Gasteiger partial charge in [0.25, 0.3) is 0 Å². The second-order valence-electron chi connectivity index (χ2n) is 7.49. The molecule has 0 aliphatic heterocycles. The summed E-state index contributed by atoms with van der Waals surface area (Å²) in [5, 5.41) is 13.6. The fourth-order valence-corrected chi connectivity index (χ4v) is 7.05. The van der Waals surface area contributed by atoms with E-state index in [0.29, 0.717) is 0 Å². The van der Waals surface area contributed by atoms with Crippen LogP contribution in [-0.2, 0) is 21.9 Å². The van der Waals surface area contributed by atoms with Crippen molar-refractivity contribution in [3.8, 4) is 0 Å². The molecule has 0 spiro atoms. The summed E-state index contributed by atoms with van der Waals surface area (Å²) in [5.74, 6) is -1.93. The van der Waals surface area contributed by atoms with Crippen molar-refractivity contribution in [1.29, 1.82) is 0 Å². The van der Waals surface area contributed by atoms with Crippen LogP contribution in [-0.4, -0.2) is 21.6 Å². The number of hydrogen-bond donors (Lipinski definition) is 2. The summed E-state index contributed by atoms with van der Waals surface area (Å²) < 4.78 is 13.3. The van der Waals surface area contributed by atoms with Crippen LogP contribution in [0, 0.1) is 11.3 Å². The van der Waals surface area contributed by atoms with Gasteiger partial charge in [-0.2, -0.15) is 11.3 Å². The van der Waals surface area contributed by atoms with Crippen LogP contribution in [0.4, 0.5) is 0 Å². The molecule has 3 unspecified atom stereocenters. The van der Waals surface area contributed by atoms with E-state index in [1.165, 1.54) is 11.3 Å². The van der Waals surface area contributed by atoms with Crippen molar-refractivity contribution in [3.05, 3.63) is 58.3 Å². The topological polar surface area (TPSA) is 74.6 Å². The molecule has 0 aliphatic carbocycles. The fourth-order valence-electron chi connectivity index (χ4n) is 3.43. The van der Waals surface area contributed by atoms with E-state index in [4.69, 9.17) is 0 Å². The van der Waals surface area contributed by atoms with E-state index >= 15 is 0 Å². The Bertz CT molecular complexity index is 735. The molecule has 0 aliphatic rings. The van der Waals surface area contributed by atoms with E-state index in [0.717, 1.165) is 11.1 Å². The lowest BCUT2D eigenvalue weighted by atomic mass is 9.81. The maximum absolute atomic E-state index is 13.3. The lowest BCUT2D eigenvalue weighted by Gasteiger charge is -2.38. The summed E-state index contributed by atoms with van der Waals surface area (Å²) in [6.07, 6.45) is 0.253. The molecule has 25 heavy (non-hydrogen) atoms. The Hall–Kier alpha value is -1.42. The molecule has 3 atom stereocenters. The smallest absolute Gasteiger partial charge is 0.307 e. The third-order valence-corrected chi connectivity index (χ3v) is 7.86. The number of carboxylic acids is 1. The van der Waals surface area contributed by atoms with Crippen LogP contribution in [0.2, 0.25) is 0 Å². The van der Waals surface area contributed by atoms with Crippen molar-refractivity contribution in [2.75, 3.05) is 0 Å². The highest BCUT2D eigenvalue weighted by molar-refractivity contribution is 7.58. The average Bonchev–Trinajstić information content (AvgIpc) is 2.98. The van der Waals surface area contributed by atoms with Gasteiger partial charge in [0.1, 0.15) is 0 Å². The average molecular weight is 380 g/mol. The summed E-state index contributed by atoms with van der Waals surface area (Å²) in [7, 11) is -3.75. The van der Waals surface area contributed by atoms with Gasteiger partial charge in [0.05, 0.1) is 11.6 Å². The predicted octanol–water partition coefficient (Wildman–Crippen LogP) is 4.88. The van der Waals surface area contributed by atoms with Gasteiger partial charge < -0.3 is 10.00 Å². The third-order valence-electron chi connectivity index (χ3n) is 4.31. The molecule has 1 aromatic carbocycles. The Morgan fingerprint density at radius 2 is 1.80 bits per heavy atom. The van der Waals surface area contributed by atoms with Crippen molar-refractivity contribution < 1.29 is 19.4 Å². The molecule has 4 nitrogen and oxygen atoms in total. The zero-order valence-corrected chi connectivity index (χ0v) is 16.5. The zero-order valence-electron chi connectivity index (χ0n) is 14.8. The molecule has 2 N–H and O–H groups in total. The normalized spacial score (nSPS) is 16.8. The Kier molecular flexibility index (Phi) is 6.26. The zero-order chi connectivity index (χ0) is 18.7. The van der Waals surface area contributed by atoms with Crippen molar-refractivity contribution >= 4 is 24.7 Å². The minimum atomic E-state index is -3.75. The predicted molar refractivity (Wildman–Crippen MR) is 102 cm³/mol. The van der Waals surface area contributed by atoms with Gasteiger partial charge in [-0.1, -0.05) is 51.1 Å². The third kappa shape index (κ3) is 5.27. The Balaban J connectivity index is 2.38. The molecule has 0 fully saturated rings. The van der Waals surface area contributed by atoms with E-state index in [1.807, 2.05) is 55.8 Å². The molecule has 0 bridgehead atoms. The second-order valence-corrected chi connectivity index (χ2v) is 10.7. The molecule has 136 valence electrons. The van der Waals surface area contributed by atoms with E-state index in [2.05, 4.69) is 0 Å². The minimum absolute atomic E-state index is 0.0107. The van der Waals surface area contributed by atoms with E-state index in [-0.39, 0.29) is 12.6 Å². The molecule has 2 aromatic rings. The molecule has 0 saturated carbocycles. The molecule has 0 saturated heterocycles. The molecular formula is C19H25O4PS. The number of carbonyl (C=O) groups is 1. The van der Waals surface area contributed by atoms with Gasteiger partial charge >= 0.3 is 5.97 Å². The Labute approximate surface area is 153 Å². The number of benzene rings is 1. The highest BCUT2D eigenvalue weighted by Crippen LogP contribution is 2.59. The quantitative estimate of drug-likeness (QED) is 0.672. The number of hydrogen-bond acceptors (Lipinski definition) is 3. The first kappa shape index (κ1) is 19.9. The van der Waals surface area contributed by atoms with Crippen LogP contribution in [0.1, 0.15) is 31.9 Å². The maximum atomic E-state index is 13.3. The van der Waals surface area contributed by atoms with E-state index in [1.54, 1.807) is 12.1 Å². The van der Waals surface area contributed by atoms with Gasteiger partial charge in [-0.25, -0.2) is 0 Å². The number of thiophene rings is 1. The van der Waals surface area contributed by atoms with E-state index < -0.39 is 30.3 Å². The standard InChI is InChI=1S/C19H25O4PS/c1-19(2,3)17(16(18(20)21)11-15-9-10-25-13-15)24(22,23)12-14-7-5-4-6-8-14/h4-10,13,16-17H,11-12H2,1-3H3,(H,20,21)(H,22,23). The maximum Gasteiger partial charge on any atom is 0.307 e. The molecular weight excluding hydrogens is 355 g/mol. The van der Waals surface area contributed by atoms with Gasteiger partial charge in [0.15, 0.2) is 0 Å². The second kappa shape index (κ2) is 7.86. The molecule has 2 rings (SSSR count). The summed E-state index contributed by atoms with van der Waals surface area (Å²) in [4.78, 5) is 22.9. The van der Waals surface area contributed by atoms with Crippen molar-refractivity contribution in [3.63, 3.8) is 0 Å². The van der Waals surface area contributed by atoms with Crippen LogP contribution in [0.3, 0.4) is 0 Å². The highest BCUT2D eigenvalue weighted by Gasteiger charge is 2.47. The van der Waals surface area contributed by atoms with Crippen molar-refractivity contribution in [2.45, 2.75) is 39.0 Å². The van der Waals surface area contributed by atoms with Crippen molar-refractivity contribution in [2.24, 2.45) is 11.3 Å². The Morgan fingerprint density at radius 1 is 1.16 bits per heavy atom. The van der Waals surface area contributed by atoms with Gasteiger partial charge in [-0.3, -0.25) is 9.36 Å². The van der Waals surface area contributed by atoms with Gasteiger partial charge in [-0.15, -0.1) is 0 Å². The van der Waals surface area contributed by atoms with Crippen LogP contribution in [0.5, 0.6) is 0 Å². The lowest BCUT2D eigenvalue weighted by Crippen LogP contribution is -2.39. The fraction of sp³-hybridized carbons (Fsp3) is 0.421. The summed E-state index contributed by atoms with van der Waals surface area (Å²) in [6.45, 7) is 5.53. The van der Waals surface area contributed by atoms with E-state index in [9.17, 15) is 19.4 Å². The van der Waals surface area contributed by atoms with Crippen LogP contribution in [0.15, 0.2) is 47.2 Å². The molecule has 6 heteroatoms. The summed E-state index contributed by atoms with van der Waals surface area (Å²) >= 11 is 1.50. The largest absolute Gasteiger partial charge is 0.481 e. The summed E-state index contributed by atoms with van der Waals surface area (Å²) in [5.41, 5.74) is 0.198. The van der Waals surface area contributed by atoms with Crippen molar-refractivity contribution in [1.82, 2.24) is 0 Å². The van der Waals surface area contributed by atoms with Crippen LogP contribution >= 0.6 is 18.7 Å².